The molecule has 2 heterocycles. The van der Waals surface area contributed by atoms with Crippen LogP contribution in [-0.2, 0) is 10.0 Å². The second kappa shape index (κ2) is 5.55. The Kier molecular flexibility index (Phi) is 4.17. The second-order valence-corrected chi connectivity index (χ2v) is 6.92. The number of nitrogens with zero attached hydrogens (tertiary/aromatic N) is 2. The summed E-state index contributed by atoms with van der Waals surface area (Å²) in [6.45, 7) is 1.07. The van der Waals surface area contributed by atoms with E-state index in [9.17, 15) is 13.2 Å². The van der Waals surface area contributed by atoms with Crippen LogP contribution in [0.4, 0.5) is 0 Å². The SMILES string of the molecule is CN(C)CC1CCCN1S(=O)(=O)c1ccc(C(=O)O)o1. The van der Waals surface area contributed by atoms with Gasteiger partial charge in [0.05, 0.1) is 0 Å². The van der Waals surface area contributed by atoms with Crippen molar-refractivity contribution >= 4 is 16.0 Å². The molecule has 0 amide bonds. The Morgan fingerprint density at radius 1 is 1.50 bits per heavy atom. The molecule has 1 unspecified atom stereocenters. The first-order valence-electron chi connectivity index (χ1n) is 6.32. The quantitative estimate of drug-likeness (QED) is 0.860. The van der Waals surface area contributed by atoms with E-state index in [2.05, 4.69) is 0 Å². The zero-order valence-electron chi connectivity index (χ0n) is 11.4. The fourth-order valence-electron chi connectivity index (χ4n) is 2.42. The van der Waals surface area contributed by atoms with Gasteiger partial charge in [-0.15, -0.1) is 0 Å². The van der Waals surface area contributed by atoms with Crippen molar-refractivity contribution in [2.24, 2.45) is 0 Å². The molecule has 1 fully saturated rings. The molecular formula is C12H18N2O5S. The predicted octanol–water partition coefficient (Wildman–Crippen LogP) is 0.692. The summed E-state index contributed by atoms with van der Waals surface area (Å²) in [5.41, 5.74) is 0. The third-order valence-corrected chi connectivity index (χ3v) is 5.08. The molecule has 0 bridgehead atoms. The molecule has 0 saturated carbocycles. The maximum absolute atomic E-state index is 12.5. The molecule has 7 nitrogen and oxygen atoms in total. The highest BCUT2D eigenvalue weighted by molar-refractivity contribution is 7.89. The van der Waals surface area contributed by atoms with Crippen LogP contribution in [0, 0.1) is 0 Å². The minimum absolute atomic E-state index is 0.103. The van der Waals surface area contributed by atoms with Crippen molar-refractivity contribution in [1.82, 2.24) is 9.21 Å². The van der Waals surface area contributed by atoms with Crippen molar-refractivity contribution in [2.45, 2.75) is 24.0 Å². The summed E-state index contributed by atoms with van der Waals surface area (Å²) in [7, 11) is 0.00538. The number of hydrogen-bond acceptors (Lipinski definition) is 5. The van der Waals surface area contributed by atoms with Crippen LogP contribution in [0.3, 0.4) is 0 Å². The van der Waals surface area contributed by atoms with E-state index in [1.807, 2.05) is 19.0 Å². The van der Waals surface area contributed by atoms with Gasteiger partial charge in [0.2, 0.25) is 10.9 Å². The van der Waals surface area contributed by atoms with Gasteiger partial charge in [-0.25, -0.2) is 13.2 Å². The number of aromatic carboxylic acids is 1. The van der Waals surface area contributed by atoms with Gasteiger partial charge in [0, 0.05) is 19.1 Å². The number of carboxylic acids is 1. The van der Waals surface area contributed by atoms with Crippen LogP contribution >= 0.6 is 0 Å². The van der Waals surface area contributed by atoms with Gasteiger partial charge in [-0.1, -0.05) is 0 Å². The van der Waals surface area contributed by atoms with Gasteiger partial charge < -0.3 is 14.4 Å². The van der Waals surface area contributed by atoms with E-state index in [-0.39, 0.29) is 16.9 Å². The van der Waals surface area contributed by atoms with Gasteiger partial charge in [-0.05, 0) is 39.1 Å². The third-order valence-electron chi connectivity index (χ3n) is 3.25. The lowest BCUT2D eigenvalue weighted by molar-refractivity contribution is 0.0656. The smallest absolute Gasteiger partial charge is 0.371 e. The summed E-state index contributed by atoms with van der Waals surface area (Å²) in [4.78, 5) is 12.7. The normalized spacial score (nSPS) is 20.6. The highest BCUT2D eigenvalue weighted by atomic mass is 32.2. The lowest BCUT2D eigenvalue weighted by atomic mass is 10.2. The zero-order chi connectivity index (χ0) is 14.9. The molecule has 1 aliphatic rings. The topological polar surface area (TPSA) is 91.1 Å². The molecular weight excluding hydrogens is 284 g/mol. The van der Waals surface area contributed by atoms with Crippen molar-refractivity contribution in [3.8, 4) is 0 Å². The molecule has 1 atom stereocenters. The fraction of sp³-hybridized carbons (Fsp3) is 0.583. The Hall–Kier alpha value is -1.38. The van der Waals surface area contributed by atoms with Crippen LogP contribution < -0.4 is 0 Å². The monoisotopic (exact) mass is 302 g/mol. The fourth-order valence-corrected chi connectivity index (χ4v) is 4.02. The molecule has 0 spiro atoms. The van der Waals surface area contributed by atoms with Gasteiger partial charge >= 0.3 is 5.97 Å². The molecule has 0 aromatic carbocycles. The Morgan fingerprint density at radius 2 is 2.20 bits per heavy atom. The van der Waals surface area contributed by atoms with Crippen LogP contribution in [0.1, 0.15) is 23.4 Å². The molecule has 0 aliphatic carbocycles. The van der Waals surface area contributed by atoms with E-state index in [4.69, 9.17) is 9.52 Å². The first kappa shape index (κ1) is 15.0. The van der Waals surface area contributed by atoms with E-state index in [0.29, 0.717) is 13.1 Å². The van der Waals surface area contributed by atoms with Crippen LogP contribution in [0.15, 0.2) is 21.6 Å². The molecule has 8 heteroatoms. The number of rotatable bonds is 5. The first-order chi connectivity index (χ1) is 9.32. The zero-order valence-corrected chi connectivity index (χ0v) is 12.3. The van der Waals surface area contributed by atoms with E-state index in [1.165, 1.54) is 10.4 Å². The molecule has 112 valence electrons. The largest absolute Gasteiger partial charge is 0.475 e. The Bertz CT molecular complexity index is 593. The van der Waals surface area contributed by atoms with Gasteiger partial charge in [0.1, 0.15) is 0 Å². The number of carboxylic acid groups (broad SMARTS) is 1. The van der Waals surface area contributed by atoms with E-state index in [0.717, 1.165) is 18.9 Å². The van der Waals surface area contributed by atoms with Crippen molar-refractivity contribution in [1.29, 1.82) is 0 Å². The molecule has 0 radical (unpaired) electrons. The highest BCUT2D eigenvalue weighted by Crippen LogP contribution is 2.27. The third kappa shape index (κ3) is 2.87. The summed E-state index contributed by atoms with van der Waals surface area (Å²) < 4.78 is 31.3. The number of carbonyl (C=O) groups is 1. The Balaban J connectivity index is 2.26. The molecule has 20 heavy (non-hydrogen) atoms. The average Bonchev–Trinajstić information content (AvgIpc) is 2.95. The van der Waals surface area contributed by atoms with Crippen LogP contribution in [-0.4, -0.2) is 61.9 Å². The molecule has 1 N–H and O–H groups in total. The maximum Gasteiger partial charge on any atom is 0.371 e. The van der Waals surface area contributed by atoms with E-state index < -0.39 is 16.0 Å². The van der Waals surface area contributed by atoms with Crippen molar-refractivity contribution in [3.63, 3.8) is 0 Å². The van der Waals surface area contributed by atoms with Gasteiger partial charge in [0.15, 0.2) is 0 Å². The average molecular weight is 302 g/mol. The maximum atomic E-state index is 12.5. The van der Waals surface area contributed by atoms with Gasteiger partial charge in [0.25, 0.3) is 10.0 Å². The molecule has 1 saturated heterocycles. The van der Waals surface area contributed by atoms with Crippen molar-refractivity contribution < 1.29 is 22.7 Å². The lowest BCUT2D eigenvalue weighted by Gasteiger charge is -2.25. The standard InChI is InChI=1S/C12H18N2O5S/c1-13(2)8-9-4-3-7-14(9)20(17,18)11-6-5-10(19-11)12(15)16/h5-6,9H,3-4,7-8H2,1-2H3,(H,15,16). The summed E-state index contributed by atoms with van der Waals surface area (Å²) in [6, 6.07) is 2.25. The van der Waals surface area contributed by atoms with E-state index in [1.54, 1.807) is 0 Å². The number of sulfonamides is 1. The number of hydrogen-bond donors (Lipinski definition) is 1. The summed E-state index contributed by atoms with van der Waals surface area (Å²) in [5.74, 6) is -1.65. The number of furan rings is 1. The van der Waals surface area contributed by atoms with Crippen LogP contribution in [0.25, 0.3) is 0 Å². The molecule has 1 aromatic rings. The van der Waals surface area contributed by atoms with Crippen LogP contribution in [0.5, 0.6) is 0 Å². The molecule has 1 aliphatic heterocycles. The van der Waals surface area contributed by atoms with E-state index >= 15 is 0 Å². The Morgan fingerprint density at radius 3 is 2.75 bits per heavy atom. The molecule has 1 aromatic heterocycles. The first-order valence-corrected chi connectivity index (χ1v) is 7.76. The summed E-state index contributed by atoms with van der Waals surface area (Å²) >= 11 is 0. The van der Waals surface area contributed by atoms with Gasteiger partial charge in [-0.2, -0.15) is 4.31 Å². The summed E-state index contributed by atoms with van der Waals surface area (Å²) in [5, 5.41) is 8.49. The minimum atomic E-state index is -3.77. The van der Waals surface area contributed by atoms with Crippen LogP contribution in [0.2, 0.25) is 0 Å². The second-order valence-electron chi connectivity index (χ2n) is 5.10. The van der Waals surface area contributed by atoms with Crippen molar-refractivity contribution in [3.05, 3.63) is 17.9 Å². The van der Waals surface area contributed by atoms with Crippen molar-refractivity contribution in [2.75, 3.05) is 27.2 Å². The minimum Gasteiger partial charge on any atom is -0.475 e. The van der Waals surface area contributed by atoms with Gasteiger partial charge in [-0.3, -0.25) is 0 Å². The Labute approximate surface area is 117 Å². The number of likely N-dealkylation sites (N-methyl/N-ethyl adjacent to an activating group) is 1. The summed E-state index contributed by atoms with van der Waals surface area (Å²) in [6.07, 6.45) is 1.59. The lowest BCUT2D eigenvalue weighted by Crippen LogP contribution is -2.41. The predicted molar refractivity (Wildman–Crippen MR) is 71.1 cm³/mol. The molecule has 2 rings (SSSR count). The highest BCUT2D eigenvalue weighted by Gasteiger charge is 2.37.